The van der Waals surface area contributed by atoms with Gasteiger partial charge in [0.15, 0.2) is 0 Å². The molecule has 3 heterocycles. The van der Waals surface area contributed by atoms with Gasteiger partial charge in [0, 0.05) is 0 Å². The van der Waals surface area contributed by atoms with E-state index in [1.165, 1.54) is 21.8 Å². The first-order valence-electron chi connectivity index (χ1n) is 10.5. The first-order chi connectivity index (χ1) is 14.7. The Labute approximate surface area is 202 Å². The van der Waals surface area contributed by atoms with Crippen molar-refractivity contribution < 1.29 is 19.1 Å². The third kappa shape index (κ3) is 6.04. The topological polar surface area (TPSA) is 84.9 Å². The first-order valence-corrected chi connectivity index (χ1v) is 12.0. The van der Waals surface area contributed by atoms with Gasteiger partial charge in [-0.25, -0.2) is 0 Å². The number of hydrogen-bond acceptors (Lipinski definition) is 6. The maximum atomic E-state index is 13.2. The minimum absolute atomic E-state index is 0.301. The van der Waals surface area contributed by atoms with Crippen LogP contribution in [0, 0.1) is 0 Å². The van der Waals surface area contributed by atoms with E-state index < -0.39 is 23.4 Å². The van der Waals surface area contributed by atoms with Gasteiger partial charge in [0.2, 0.25) is 0 Å². The summed E-state index contributed by atoms with van der Waals surface area (Å²) >= 11 is 7.50. The van der Waals surface area contributed by atoms with E-state index in [2.05, 4.69) is 9.97 Å². The summed E-state index contributed by atoms with van der Waals surface area (Å²) < 4.78 is 12.0. The van der Waals surface area contributed by atoms with Crippen LogP contribution < -0.4 is 9.38 Å². The van der Waals surface area contributed by atoms with Crippen molar-refractivity contribution in [2.45, 2.75) is 65.2 Å². The number of rotatable bonds is 2. The Morgan fingerprint density at radius 1 is 1.16 bits per heavy atom. The molecule has 2 atom stereocenters. The Hall–Kier alpha value is -2.05. The Bertz CT molecular complexity index is 1030. The Kier molecular flexibility index (Phi) is 6.96. The monoisotopic (exact) mass is 524 g/mol. The molecule has 1 aliphatic rings. The van der Waals surface area contributed by atoms with E-state index in [0.717, 1.165) is 15.3 Å². The zero-order chi connectivity index (χ0) is 23.8. The molecule has 2 aromatic heterocycles. The summed E-state index contributed by atoms with van der Waals surface area (Å²) in [5.41, 5.74) is -1.27. The SMILES string of the molecule is CC(C)(C)OC(=O)N1CCC(N(C(=O)OC(C)(C)C)c2cc3cc(Cl)nc([AsH2])c3cn2)C1. The second kappa shape index (κ2) is 9.06. The summed E-state index contributed by atoms with van der Waals surface area (Å²) in [5, 5.41) is 2.10. The molecule has 0 radical (unpaired) electrons. The Morgan fingerprint density at radius 2 is 1.81 bits per heavy atom. The predicted molar refractivity (Wildman–Crippen MR) is 128 cm³/mol. The van der Waals surface area contributed by atoms with Crippen molar-refractivity contribution in [2.75, 3.05) is 18.0 Å². The van der Waals surface area contributed by atoms with Gasteiger partial charge in [0.1, 0.15) is 0 Å². The van der Waals surface area contributed by atoms with Gasteiger partial charge in [0.25, 0.3) is 0 Å². The van der Waals surface area contributed by atoms with Crippen molar-refractivity contribution in [1.29, 1.82) is 0 Å². The van der Waals surface area contributed by atoms with Crippen LogP contribution in [-0.2, 0) is 9.47 Å². The van der Waals surface area contributed by atoms with Crippen molar-refractivity contribution >= 4 is 61.7 Å². The molecule has 1 saturated heterocycles. The molecule has 1 fully saturated rings. The number of anilines is 1. The number of nitrogens with zero attached hydrogens (tertiary/aromatic N) is 4. The van der Waals surface area contributed by atoms with Crippen LogP contribution in [0.5, 0.6) is 0 Å². The van der Waals surface area contributed by atoms with Gasteiger partial charge in [-0.3, -0.25) is 0 Å². The third-order valence-electron chi connectivity index (χ3n) is 4.72. The average Bonchev–Trinajstić information content (AvgIpc) is 3.08. The fraction of sp³-hybridized carbons (Fsp3) is 0.545. The van der Waals surface area contributed by atoms with E-state index in [1.54, 1.807) is 17.2 Å². The molecule has 0 saturated carbocycles. The number of pyridine rings is 2. The molecule has 32 heavy (non-hydrogen) atoms. The predicted octanol–water partition coefficient (Wildman–Crippen LogP) is 3.29. The van der Waals surface area contributed by atoms with Gasteiger partial charge >= 0.3 is 182 Å². The van der Waals surface area contributed by atoms with E-state index in [4.69, 9.17) is 21.1 Å². The van der Waals surface area contributed by atoms with Crippen molar-refractivity contribution in [3.8, 4) is 0 Å². The minimum atomic E-state index is -0.679. The zero-order valence-corrected chi connectivity index (χ0v) is 22.5. The van der Waals surface area contributed by atoms with Crippen molar-refractivity contribution in [3.63, 3.8) is 0 Å². The van der Waals surface area contributed by atoms with Gasteiger partial charge in [-0.05, 0) is 20.8 Å². The molecule has 8 nitrogen and oxygen atoms in total. The van der Waals surface area contributed by atoms with Crippen LogP contribution >= 0.6 is 11.6 Å². The van der Waals surface area contributed by atoms with E-state index in [0.29, 0.717) is 30.5 Å². The number of likely N-dealkylation sites (tertiary alicyclic amines) is 1. The van der Waals surface area contributed by atoms with E-state index in [1.807, 2.05) is 47.6 Å². The van der Waals surface area contributed by atoms with Gasteiger partial charge in [0.05, 0.1) is 0 Å². The van der Waals surface area contributed by atoms with Crippen LogP contribution in [0.15, 0.2) is 18.3 Å². The molecule has 2 aromatic rings. The summed E-state index contributed by atoms with van der Waals surface area (Å²) in [4.78, 5) is 37.7. The standard InChI is InChI=1S/C22H30AsClN4O4/c1-21(2,3)31-19(29)27-8-7-14(12-27)28(20(30)32-22(4,5)6)17-10-13-9-16(24)26-18(23)15(13)11-25-17/h9-11,14H,7-8,12,23H2,1-6H3. The van der Waals surface area contributed by atoms with Gasteiger partial charge < -0.3 is 0 Å². The third-order valence-corrected chi connectivity index (χ3v) is 5.83. The number of amides is 2. The number of halogens is 1. The average molecular weight is 525 g/mol. The summed E-state index contributed by atoms with van der Waals surface area (Å²) in [6, 6.07) is 3.26. The number of carbonyl (C=O) groups is 2. The fourth-order valence-electron chi connectivity index (χ4n) is 3.45. The van der Waals surface area contributed by atoms with Crippen LogP contribution in [0.4, 0.5) is 15.4 Å². The van der Waals surface area contributed by atoms with Crippen molar-refractivity contribution in [1.82, 2.24) is 14.9 Å². The molecule has 2 amide bonds. The molecule has 174 valence electrons. The Balaban J connectivity index is 1.94. The molecule has 1 aliphatic heterocycles. The summed E-state index contributed by atoms with van der Waals surface area (Å²) in [6.07, 6.45) is 1.37. The molecule has 3 rings (SSSR count). The number of carbonyl (C=O) groups excluding carboxylic acids is 2. The number of aromatic nitrogens is 2. The second-order valence-corrected chi connectivity index (χ2v) is 11.3. The molecule has 2 unspecified atom stereocenters. The van der Waals surface area contributed by atoms with Crippen molar-refractivity contribution in [2.24, 2.45) is 0 Å². The molecule has 0 spiro atoms. The maximum absolute atomic E-state index is 13.2. The van der Waals surface area contributed by atoms with Gasteiger partial charge in [-0.15, -0.1) is 0 Å². The number of fused-ring (bicyclic) bond motifs is 1. The normalized spacial score (nSPS) is 16.9. The van der Waals surface area contributed by atoms with E-state index in [-0.39, 0.29) is 6.04 Å². The zero-order valence-electron chi connectivity index (χ0n) is 19.3. The van der Waals surface area contributed by atoms with Crippen LogP contribution in [0.3, 0.4) is 0 Å². The molecule has 0 aliphatic carbocycles. The van der Waals surface area contributed by atoms with Gasteiger partial charge in [-0.1, -0.05) is 0 Å². The van der Waals surface area contributed by atoms with Crippen LogP contribution in [0.1, 0.15) is 48.0 Å². The quantitative estimate of drug-likeness (QED) is 0.443. The van der Waals surface area contributed by atoms with Crippen LogP contribution in [0.2, 0.25) is 5.15 Å². The van der Waals surface area contributed by atoms with Crippen LogP contribution in [0.25, 0.3) is 10.8 Å². The summed E-state index contributed by atoms with van der Waals surface area (Å²) in [5.74, 6) is 0.442. The summed E-state index contributed by atoms with van der Waals surface area (Å²) in [6.45, 7) is 11.7. The number of ether oxygens (including phenoxy) is 2. The second-order valence-electron chi connectivity index (χ2n) is 9.81. The van der Waals surface area contributed by atoms with Crippen molar-refractivity contribution in [3.05, 3.63) is 23.5 Å². The number of hydrogen-bond donors (Lipinski definition) is 0. The fourth-order valence-corrected chi connectivity index (χ4v) is 4.62. The molecule has 10 heteroatoms. The molecular formula is C22H30AsClN4O4. The Morgan fingerprint density at radius 3 is 2.44 bits per heavy atom. The molecule has 0 N–H and O–H groups in total. The van der Waals surface area contributed by atoms with E-state index in [9.17, 15) is 9.59 Å². The molecular weight excluding hydrogens is 495 g/mol. The summed E-state index contributed by atoms with van der Waals surface area (Å²) in [7, 11) is 0. The van der Waals surface area contributed by atoms with E-state index >= 15 is 0 Å². The molecule has 0 aromatic carbocycles. The first kappa shape index (κ1) is 24.6. The molecule has 0 bridgehead atoms. The van der Waals surface area contributed by atoms with Crippen LogP contribution in [-0.4, -0.2) is 74.2 Å². The van der Waals surface area contributed by atoms with Gasteiger partial charge in [-0.2, -0.15) is 0 Å².